The maximum absolute atomic E-state index is 10.7. The number of rotatable bonds is 11. The van der Waals surface area contributed by atoms with E-state index in [2.05, 4.69) is 0 Å². The van der Waals surface area contributed by atoms with Crippen LogP contribution in [0.2, 0.25) is 0 Å². The molecule has 0 saturated heterocycles. The molecule has 0 unspecified atom stereocenters. The van der Waals surface area contributed by atoms with Gasteiger partial charge in [0.2, 0.25) is 0 Å². The van der Waals surface area contributed by atoms with Gasteiger partial charge in [0.05, 0.1) is 24.2 Å². The second kappa shape index (κ2) is 11.6. The monoisotopic (exact) mass is 348 g/mol. The van der Waals surface area contributed by atoms with Gasteiger partial charge in [0.15, 0.2) is 0 Å². The van der Waals surface area contributed by atoms with Crippen molar-refractivity contribution in [1.29, 1.82) is 0 Å². The molecule has 1 aliphatic rings. The molecule has 5 nitrogen and oxygen atoms in total. The number of carbonyl (C=O) groups is 1. The van der Waals surface area contributed by atoms with Crippen LogP contribution >= 0.6 is 0 Å². The summed E-state index contributed by atoms with van der Waals surface area (Å²) >= 11 is 0. The summed E-state index contributed by atoms with van der Waals surface area (Å²) in [5.74, 6) is -1.46. The zero-order valence-corrected chi connectivity index (χ0v) is 14.5. The molecule has 0 bridgehead atoms. The molecule has 138 valence electrons. The minimum absolute atomic E-state index is 0.182. The quantitative estimate of drug-likeness (QED) is 0.430. The highest BCUT2D eigenvalue weighted by Crippen LogP contribution is 2.41. The van der Waals surface area contributed by atoms with Crippen LogP contribution in [0.5, 0.6) is 0 Å². The molecule has 1 aliphatic carbocycles. The van der Waals surface area contributed by atoms with Gasteiger partial charge in [-0.2, -0.15) is 0 Å². The summed E-state index contributed by atoms with van der Waals surface area (Å²) in [6.45, 7) is 1.90. The summed E-state index contributed by atoms with van der Waals surface area (Å²) in [5, 5.41) is 37.6. The number of carboxylic acids is 1. The Hall–Kier alpha value is -1.95. The van der Waals surface area contributed by atoms with E-state index in [0.29, 0.717) is 19.3 Å². The van der Waals surface area contributed by atoms with E-state index in [1.165, 1.54) is 0 Å². The van der Waals surface area contributed by atoms with Crippen LogP contribution < -0.4 is 0 Å². The Balaban J connectivity index is 2.22. The molecule has 25 heavy (non-hydrogen) atoms. The van der Waals surface area contributed by atoms with Crippen molar-refractivity contribution in [1.82, 2.24) is 0 Å². The Morgan fingerprint density at radius 1 is 0.960 bits per heavy atom. The fourth-order valence-corrected chi connectivity index (χ4v) is 2.22. The van der Waals surface area contributed by atoms with Crippen molar-refractivity contribution in [3.05, 3.63) is 60.8 Å². The third kappa shape index (κ3) is 9.19. The third-order valence-electron chi connectivity index (χ3n) is 3.95. The van der Waals surface area contributed by atoms with Crippen LogP contribution in [-0.2, 0) is 4.79 Å². The summed E-state index contributed by atoms with van der Waals surface area (Å²) in [6.07, 6.45) is 17.0. The van der Waals surface area contributed by atoms with Gasteiger partial charge in [0, 0.05) is 5.92 Å². The first kappa shape index (κ1) is 21.1. The number of carboxylic acid groups (broad SMARTS) is 1. The molecule has 0 aliphatic heterocycles. The smallest absolute Gasteiger partial charge is 0.306 e. The summed E-state index contributed by atoms with van der Waals surface area (Å²) in [6, 6.07) is 0. The Morgan fingerprint density at radius 3 is 2.16 bits per heavy atom. The summed E-state index contributed by atoms with van der Waals surface area (Å²) in [5.41, 5.74) is 0. The first-order valence-electron chi connectivity index (χ1n) is 8.57. The SMILES string of the molecule is CC[C@@H](O)/C=C/C=C\C[C@@H](O)/C=C/C=C/C=C\[C@@H](O)[C@H]1C[C@H]1C(=O)O. The van der Waals surface area contributed by atoms with Crippen molar-refractivity contribution in [3.63, 3.8) is 0 Å². The summed E-state index contributed by atoms with van der Waals surface area (Å²) in [7, 11) is 0. The number of aliphatic hydroxyl groups excluding tert-OH is 3. The molecule has 0 aromatic carbocycles. The predicted molar refractivity (Wildman–Crippen MR) is 97.9 cm³/mol. The van der Waals surface area contributed by atoms with Gasteiger partial charge in [-0.05, 0) is 19.3 Å². The lowest BCUT2D eigenvalue weighted by Crippen LogP contribution is -2.10. The number of allylic oxidation sites excluding steroid dienone is 6. The molecular formula is C20H28O5. The van der Waals surface area contributed by atoms with Crippen molar-refractivity contribution in [2.45, 2.75) is 44.5 Å². The standard InChI is InChI=1S/C20H28O5/c1-2-15(21)10-7-5-8-12-16(22)11-6-3-4-9-13-19(23)17-14-18(17)20(24)25/h3-11,13,15-19,21-23H,2,12,14H2,1H3,(H,24,25)/b4-3+,8-5-,10-7+,11-6+,13-9-/t15-,16+,17+,18-,19-/m1/s1. The van der Waals surface area contributed by atoms with Crippen molar-refractivity contribution >= 4 is 5.97 Å². The number of aliphatic carboxylic acids is 1. The molecule has 0 radical (unpaired) electrons. The molecule has 5 heteroatoms. The van der Waals surface area contributed by atoms with Gasteiger partial charge >= 0.3 is 5.97 Å². The molecular weight excluding hydrogens is 320 g/mol. The molecule has 1 fully saturated rings. The molecule has 0 aromatic heterocycles. The van der Waals surface area contributed by atoms with Gasteiger partial charge in [-0.15, -0.1) is 0 Å². The largest absolute Gasteiger partial charge is 0.481 e. The van der Waals surface area contributed by atoms with E-state index in [-0.39, 0.29) is 5.92 Å². The Morgan fingerprint density at radius 2 is 1.56 bits per heavy atom. The molecule has 0 aromatic rings. The zero-order chi connectivity index (χ0) is 18.7. The lowest BCUT2D eigenvalue weighted by Gasteiger charge is -2.01. The van der Waals surface area contributed by atoms with Crippen molar-refractivity contribution in [2.24, 2.45) is 11.8 Å². The number of hydrogen-bond acceptors (Lipinski definition) is 4. The second-order valence-electron chi connectivity index (χ2n) is 6.08. The van der Waals surface area contributed by atoms with E-state index >= 15 is 0 Å². The third-order valence-corrected chi connectivity index (χ3v) is 3.95. The van der Waals surface area contributed by atoms with Crippen LogP contribution in [0.3, 0.4) is 0 Å². The van der Waals surface area contributed by atoms with E-state index in [1.54, 1.807) is 54.7 Å². The van der Waals surface area contributed by atoms with E-state index in [0.717, 1.165) is 0 Å². The Kier molecular flexibility index (Phi) is 9.77. The van der Waals surface area contributed by atoms with E-state index in [4.69, 9.17) is 5.11 Å². The normalized spacial score (nSPS) is 24.8. The lowest BCUT2D eigenvalue weighted by molar-refractivity contribution is -0.139. The average Bonchev–Trinajstić information content (AvgIpc) is 3.38. The predicted octanol–water partition coefficient (Wildman–Crippen LogP) is 2.37. The first-order chi connectivity index (χ1) is 12.0. The van der Waals surface area contributed by atoms with Gasteiger partial charge < -0.3 is 20.4 Å². The van der Waals surface area contributed by atoms with Gasteiger partial charge in [-0.1, -0.05) is 67.7 Å². The highest BCUT2D eigenvalue weighted by atomic mass is 16.4. The minimum Gasteiger partial charge on any atom is -0.481 e. The minimum atomic E-state index is -0.851. The highest BCUT2D eigenvalue weighted by molar-refractivity contribution is 5.73. The van der Waals surface area contributed by atoms with Crippen LogP contribution in [-0.4, -0.2) is 44.7 Å². The second-order valence-corrected chi connectivity index (χ2v) is 6.08. The maximum Gasteiger partial charge on any atom is 0.306 e. The molecule has 5 atom stereocenters. The van der Waals surface area contributed by atoms with Gasteiger partial charge in [-0.3, -0.25) is 4.79 Å². The zero-order valence-electron chi connectivity index (χ0n) is 14.5. The topological polar surface area (TPSA) is 98.0 Å². The van der Waals surface area contributed by atoms with Crippen molar-refractivity contribution in [2.75, 3.05) is 0 Å². The fourth-order valence-electron chi connectivity index (χ4n) is 2.22. The first-order valence-corrected chi connectivity index (χ1v) is 8.57. The van der Waals surface area contributed by atoms with Gasteiger partial charge in [0.1, 0.15) is 0 Å². The van der Waals surface area contributed by atoms with Gasteiger partial charge in [-0.25, -0.2) is 0 Å². The van der Waals surface area contributed by atoms with E-state index in [9.17, 15) is 20.1 Å². The maximum atomic E-state index is 10.7. The Bertz CT molecular complexity index is 544. The molecule has 1 saturated carbocycles. The highest BCUT2D eigenvalue weighted by Gasteiger charge is 2.46. The van der Waals surface area contributed by atoms with Crippen molar-refractivity contribution < 1.29 is 25.2 Å². The molecule has 0 amide bonds. The molecule has 0 heterocycles. The van der Waals surface area contributed by atoms with Crippen LogP contribution in [0, 0.1) is 11.8 Å². The fraction of sp³-hybridized carbons (Fsp3) is 0.450. The summed E-state index contributed by atoms with van der Waals surface area (Å²) < 4.78 is 0. The van der Waals surface area contributed by atoms with Gasteiger partial charge in [0.25, 0.3) is 0 Å². The van der Waals surface area contributed by atoms with Crippen LogP contribution in [0.15, 0.2) is 60.8 Å². The summed E-state index contributed by atoms with van der Waals surface area (Å²) in [4.78, 5) is 10.7. The van der Waals surface area contributed by atoms with Crippen LogP contribution in [0.1, 0.15) is 26.2 Å². The molecule has 1 rings (SSSR count). The van der Waals surface area contributed by atoms with E-state index in [1.807, 2.05) is 13.0 Å². The molecule has 0 spiro atoms. The molecule has 4 N–H and O–H groups in total. The number of hydrogen-bond donors (Lipinski definition) is 4. The van der Waals surface area contributed by atoms with Crippen molar-refractivity contribution in [3.8, 4) is 0 Å². The van der Waals surface area contributed by atoms with Crippen LogP contribution in [0.25, 0.3) is 0 Å². The number of aliphatic hydroxyl groups is 3. The van der Waals surface area contributed by atoms with E-state index < -0.39 is 30.2 Å². The average molecular weight is 348 g/mol. The Labute approximate surface area is 149 Å². The van der Waals surface area contributed by atoms with Crippen LogP contribution in [0.4, 0.5) is 0 Å². The lowest BCUT2D eigenvalue weighted by atomic mass is 10.2.